The summed E-state index contributed by atoms with van der Waals surface area (Å²) in [6.07, 6.45) is 1.03. The van der Waals surface area contributed by atoms with E-state index in [9.17, 15) is 4.39 Å². The minimum absolute atomic E-state index is 0.154. The van der Waals surface area contributed by atoms with Crippen LogP contribution in [0, 0.1) is 5.82 Å². The lowest BCUT2D eigenvalue weighted by molar-refractivity contribution is 0.295. The monoisotopic (exact) mass is 273 g/mol. The molecular weight excluding hydrogens is 253 g/mol. The Balaban J connectivity index is 2.17. The minimum atomic E-state index is -0.395. The van der Waals surface area contributed by atoms with Gasteiger partial charge in [-0.25, -0.2) is 4.39 Å². The van der Waals surface area contributed by atoms with Crippen molar-refractivity contribution < 1.29 is 9.13 Å². The first-order valence-corrected chi connectivity index (χ1v) is 6.88. The second-order valence-corrected chi connectivity index (χ2v) is 4.96. The predicted octanol–water partition coefficient (Wildman–Crippen LogP) is 4.50. The van der Waals surface area contributed by atoms with Gasteiger partial charge < -0.3 is 10.5 Å². The summed E-state index contributed by atoms with van der Waals surface area (Å²) >= 11 is 0. The first kappa shape index (κ1) is 14.4. The van der Waals surface area contributed by atoms with E-state index >= 15 is 0 Å². The van der Waals surface area contributed by atoms with Crippen LogP contribution in [-0.4, -0.2) is 0 Å². The van der Waals surface area contributed by atoms with E-state index in [1.54, 1.807) is 18.2 Å². The summed E-state index contributed by atoms with van der Waals surface area (Å²) in [4.78, 5) is 0. The van der Waals surface area contributed by atoms with Gasteiger partial charge in [-0.05, 0) is 30.0 Å². The van der Waals surface area contributed by atoms with Crippen LogP contribution in [0.1, 0.15) is 37.3 Å². The molecule has 1 atom stereocenters. The van der Waals surface area contributed by atoms with Gasteiger partial charge in [-0.1, -0.05) is 44.2 Å². The Kier molecular flexibility index (Phi) is 4.61. The molecule has 20 heavy (non-hydrogen) atoms. The van der Waals surface area contributed by atoms with Crippen molar-refractivity contribution in [2.75, 3.05) is 5.73 Å². The number of para-hydroxylation sites is 1. The van der Waals surface area contributed by atoms with Gasteiger partial charge in [-0.2, -0.15) is 0 Å². The molecular formula is C17H20FNO. The van der Waals surface area contributed by atoms with Gasteiger partial charge in [0, 0.05) is 5.56 Å². The van der Waals surface area contributed by atoms with Crippen molar-refractivity contribution in [3.8, 4) is 5.75 Å². The van der Waals surface area contributed by atoms with Crippen LogP contribution in [0.4, 0.5) is 10.1 Å². The molecule has 2 aromatic rings. The number of benzene rings is 2. The molecule has 1 unspecified atom stereocenters. The molecule has 2 rings (SSSR count). The van der Waals surface area contributed by atoms with Gasteiger partial charge in [0.15, 0.2) is 5.82 Å². The van der Waals surface area contributed by atoms with Gasteiger partial charge in [-0.15, -0.1) is 0 Å². The zero-order valence-electron chi connectivity index (χ0n) is 11.9. The Morgan fingerprint density at radius 1 is 1.15 bits per heavy atom. The Morgan fingerprint density at radius 3 is 2.65 bits per heavy atom. The van der Waals surface area contributed by atoms with Crippen LogP contribution in [-0.2, 0) is 6.61 Å². The summed E-state index contributed by atoms with van der Waals surface area (Å²) in [6, 6.07) is 12.9. The summed E-state index contributed by atoms with van der Waals surface area (Å²) in [5.74, 6) is 0.828. The molecule has 0 aromatic heterocycles. The van der Waals surface area contributed by atoms with E-state index in [0.717, 1.165) is 17.7 Å². The molecule has 0 saturated carbocycles. The standard InChI is InChI=1S/C17H20FNO/c1-3-12(2)14-8-4-5-10-16(14)20-11-13-7-6-9-15(19)17(13)18/h4-10,12H,3,11,19H2,1-2H3. The lowest BCUT2D eigenvalue weighted by Crippen LogP contribution is -2.04. The van der Waals surface area contributed by atoms with Crippen molar-refractivity contribution in [3.05, 3.63) is 59.4 Å². The van der Waals surface area contributed by atoms with Crippen LogP contribution in [0.25, 0.3) is 0 Å². The summed E-state index contributed by atoms with van der Waals surface area (Å²) in [5, 5.41) is 0. The summed E-state index contributed by atoms with van der Waals surface area (Å²) in [5.41, 5.74) is 7.34. The van der Waals surface area contributed by atoms with E-state index in [1.165, 1.54) is 0 Å². The zero-order chi connectivity index (χ0) is 14.5. The van der Waals surface area contributed by atoms with E-state index in [-0.39, 0.29) is 12.3 Å². The Bertz CT molecular complexity index is 583. The number of halogens is 1. The van der Waals surface area contributed by atoms with E-state index in [4.69, 9.17) is 10.5 Å². The fraction of sp³-hybridized carbons (Fsp3) is 0.294. The number of nitrogens with two attached hydrogens (primary N) is 1. The molecule has 2 aromatic carbocycles. The summed E-state index contributed by atoms with van der Waals surface area (Å²) in [6.45, 7) is 4.48. The first-order valence-electron chi connectivity index (χ1n) is 6.88. The van der Waals surface area contributed by atoms with Crippen LogP contribution in [0.3, 0.4) is 0 Å². The van der Waals surface area contributed by atoms with Gasteiger partial charge >= 0.3 is 0 Å². The van der Waals surface area contributed by atoms with Gasteiger partial charge in [0.2, 0.25) is 0 Å². The molecule has 0 spiro atoms. The highest BCUT2D eigenvalue weighted by molar-refractivity contribution is 5.43. The molecule has 0 aliphatic rings. The second kappa shape index (κ2) is 6.42. The highest BCUT2D eigenvalue weighted by Crippen LogP contribution is 2.29. The molecule has 0 aliphatic heterocycles. The highest BCUT2D eigenvalue weighted by atomic mass is 19.1. The van der Waals surface area contributed by atoms with Gasteiger partial charge in [0.1, 0.15) is 12.4 Å². The minimum Gasteiger partial charge on any atom is -0.489 e. The number of hydrogen-bond acceptors (Lipinski definition) is 2. The second-order valence-electron chi connectivity index (χ2n) is 4.96. The van der Waals surface area contributed by atoms with Gasteiger partial charge in [-0.3, -0.25) is 0 Å². The SMILES string of the molecule is CCC(C)c1ccccc1OCc1cccc(N)c1F. The van der Waals surface area contributed by atoms with Crippen molar-refractivity contribution in [1.82, 2.24) is 0 Å². The van der Waals surface area contributed by atoms with E-state index in [1.807, 2.05) is 18.2 Å². The fourth-order valence-electron chi connectivity index (χ4n) is 2.11. The van der Waals surface area contributed by atoms with Crippen molar-refractivity contribution in [2.24, 2.45) is 0 Å². The molecule has 0 fully saturated rings. The van der Waals surface area contributed by atoms with Crippen LogP contribution in [0.15, 0.2) is 42.5 Å². The van der Waals surface area contributed by atoms with E-state index in [0.29, 0.717) is 11.5 Å². The molecule has 0 heterocycles. The third-order valence-corrected chi connectivity index (χ3v) is 3.55. The van der Waals surface area contributed by atoms with Crippen molar-refractivity contribution in [3.63, 3.8) is 0 Å². The molecule has 2 nitrogen and oxygen atoms in total. The van der Waals surface area contributed by atoms with E-state index in [2.05, 4.69) is 19.9 Å². The fourth-order valence-corrected chi connectivity index (χ4v) is 2.11. The highest BCUT2D eigenvalue weighted by Gasteiger charge is 2.11. The molecule has 0 saturated heterocycles. The molecule has 0 bridgehead atoms. The van der Waals surface area contributed by atoms with Crippen LogP contribution < -0.4 is 10.5 Å². The van der Waals surface area contributed by atoms with Crippen molar-refractivity contribution in [1.29, 1.82) is 0 Å². The van der Waals surface area contributed by atoms with E-state index < -0.39 is 5.82 Å². The number of nitrogen functional groups attached to an aromatic ring is 1. The number of ether oxygens (including phenoxy) is 1. The molecule has 3 heteroatoms. The van der Waals surface area contributed by atoms with Crippen LogP contribution in [0.2, 0.25) is 0 Å². The maximum atomic E-state index is 13.8. The molecule has 2 N–H and O–H groups in total. The molecule has 0 radical (unpaired) electrons. The average Bonchev–Trinajstić information content (AvgIpc) is 2.48. The topological polar surface area (TPSA) is 35.2 Å². The summed E-state index contributed by atoms with van der Waals surface area (Å²) < 4.78 is 19.6. The zero-order valence-corrected chi connectivity index (χ0v) is 11.9. The summed E-state index contributed by atoms with van der Waals surface area (Å²) in [7, 11) is 0. The lowest BCUT2D eigenvalue weighted by atomic mass is 9.98. The Labute approximate surface area is 119 Å². The number of rotatable bonds is 5. The van der Waals surface area contributed by atoms with Crippen molar-refractivity contribution in [2.45, 2.75) is 32.8 Å². The third kappa shape index (κ3) is 3.10. The first-order chi connectivity index (χ1) is 9.63. The predicted molar refractivity (Wildman–Crippen MR) is 80.3 cm³/mol. The Hall–Kier alpha value is -2.03. The van der Waals surface area contributed by atoms with Crippen LogP contribution >= 0.6 is 0 Å². The average molecular weight is 273 g/mol. The normalized spacial score (nSPS) is 12.2. The molecule has 106 valence electrons. The molecule has 0 amide bonds. The Morgan fingerprint density at radius 2 is 1.90 bits per heavy atom. The third-order valence-electron chi connectivity index (χ3n) is 3.55. The lowest BCUT2D eigenvalue weighted by Gasteiger charge is -2.16. The largest absolute Gasteiger partial charge is 0.489 e. The van der Waals surface area contributed by atoms with Crippen LogP contribution in [0.5, 0.6) is 5.75 Å². The number of anilines is 1. The number of hydrogen-bond donors (Lipinski definition) is 1. The molecule has 0 aliphatic carbocycles. The smallest absolute Gasteiger partial charge is 0.152 e. The van der Waals surface area contributed by atoms with Crippen molar-refractivity contribution >= 4 is 5.69 Å². The van der Waals surface area contributed by atoms with Gasteiger partial charge in [0.05, 0.1) is 5.69 Å². The maximum absolute atomic E-state index is 13.8. The quantitative estimate of drug-likeness (QED) is 0.814. The maximum Gasteiger partial charge on any atom is 0.152 e. The van der Waals surface area contributed by atoms with Gasteiger partial charge in [0.25, 0.3) is 0 Å².